The van der Waals surface area contributed by atoms with E-state index in [4.69, 9.17) is 23.2 Å². The van der Waals surface area contributed by atoms with E-state index in [0.29, 0.717) is 20.0 Å². The summed E-state index contributed by atoms with van der Waals surface area (Å²) in [4.78, 5) is 13.9. The van der Waals surface area contributed by atoms with Crippen LogP contribution in [0.5, 0.6) is 0 Å². The molecular weight excluding hydrogens is 289 g/mol. The third-order valence-corrected chi connectivity index (χ3v) is 2.95. The average Bonchev–Trinajstić information content (AvgIpc) is 2.08. The fourth-order valence-electron chi connectivity index (χ4n) is 1.21. The van der Waals surface area contributed by atoms with Crippen LogP contribution in [0.1, 0.15) is 0 Å². The largest absolute Gasteiger partial charge is 0.321 e. The van der Waals surface area contributed by atoms with Crippen molar-refractivity contribution >= 4 is 50.0 Å². The van der Waals surface area contributed by atoms with Gasteiger partial charge in [-0.2, -0.15) is 0 Å². The lowest BCUT2D eigenvalue weighted by Crippen LogP contribution is -2.05. The van der Waals surface area contributed by atoms with Gasteiger partial charge in [0.05, 0.1) is 15.0 Å². The first kappa shape index (κ1) is 10.0. The monoisotopic (exact) mass is 291 g/mol. The second-order valence-electron chi connectivity index (χ2n) is 2.80. The van der Waals surface area contributed by atoms with Gasteiger partial charge in [0.25, 0.3) is 5.56 Å². The summed E-state index contributed by atoms with van der Waals surface area (Å²) < 4.78 is 0.453. The molecule has 72 valence electrons. The number of hydrogen-bond acceptors (Lipinski definition) is 1. The van der Waals surface area contributed by atoms with Gasteiger partial charge in [-0.15, -0.1) is 0 Å². The number of aromatic nitrogens is 1. The summed E-state index contributed by atoms with van der Waals surface area (Å²) in [7, 11) is 0. The van der Waals surface area contributed by atoms with Gasteiger partial charge >= 0.3 is 0 Å². The number of rotatable bonds is 0. The van der Waals surface area contributed by atoms with Crippen LogP contribution in [0, 0.1) is 0 Å². The molecule has 1 N–H and O–H groups in total. The summed E-state index contributed by atoms with van der Waals surface area (Å²) in [5.41, 5.74) is 0.437. The maximum absolute atomic E-state index is 11.3. The number of H-pyrrole nitrogens is 1. The van der Waals surface area contributed by atoms with E-state index in [1.54, 1.807) is 18.2 Å². The highest BCUT2D eigenvalue weighted by Gasteiger charge is 2.04. The molecule has 2 rings (SSSR count). The molecule has 14 heavy (non-hydrogen) atoms. The van der Waals surface area contributed by atoms with Crippen molar-refractivity contribution < 1.29 is 0 Å². The SMILES string of the molecule is O=c1[nH]c2cc(Cl)cc(Cl)c2cc1Br. The molecule has 5 heteroatoms. The Morgan fingerprint density at radius 3 is 2.64 bits per heavy atom. The predicted molar refractivity (Wildman–Crippen MR) is 62.3 cm³/mol. The Morgan fingerprint density at radius 2 is 1.93 bits per heavy atom. The highest BCUT2D eigenvalue weighted by atomic mass is 79.9. The molecule has 0 unspecified atom stereocenters. The highest BCUT2D eigenvalue weighted by molar-refractivity contribution is 9.10. The maximum atomic E-state index is 11.3. The molecule has 1 aromatic heterocycles. The Balaban J connectivity index is 2.96. The van der Waals surface area contributed by atoms with E-state index in [-0.39, 0.29) is 5.56 Å². The molecule has 0 saturated carbocycles. The Morgan fingerprint density at radius 1 is 1.21 bits per heavy atom. The molecule has 0 aliphatic rings. The first-order chi connectivity index (χ1) is 6.58. The van der Waals surface area contributed by atoms with Gasteiger partial charge in [0.2, 0.25) is 0 Å². The van der Waals surface area contributed by atoms with E-state index >= 15 is 0 Å². The van der Waals surface area contributed by atoms with Gasteiger partial charge in [-0.1, -0.05) is 23.2 Å². The molecule has 0 fully saturated rings. The van der Waals surface area contributed by atoms with Crippen molar-refractivity contribution in [2.24, 2.45) is 0 Å². The summed E-state index contributed by atoms with van der Waals surface area (Å²) in [5.74, 6) is 0. The molecule has 0 radical (unpaired) electrons. The molecule has 1 heterocycles. The predicted octanol–water partition coefficient (Wildman–Crippen LogP) is 3.60. The number of nitrogens with one attached hydrogen (secondary N) is 1. The van der Waals surface area contributed by atoms with Crippen molar-refractivity contribution in [2.45, 2.75) is 0 Å². The third-order valence-electron chi connectivity index (χ3n) is 1.83. The van der Waals surface area contributed by atoms with Crippen LogP contribution >= 0.6 is 39.1 Å². The molecule has 0 bridgehead atoms. The molecule has 0 amide bonds. The molecule has 0 spiro atoms. The van der Waals surface area contributed by atoms with Gasteiger partial charge in [-0.3, -0.25) is 4.79 Å². The molecule has 0 aliphatic heterocycles. The lowest BCUT2D eigenvalue weighted by molar-refractivity contribution is 1.28. The van der Waals surface area contributed by atoms with Gasteiger partial charge in [0.15, 0.2) is 0 Å². The molecule has 0 saturated heterocycles. The van der Waals surface area contributed by atoms with Crippen LogP contribution in [-0.4, -0.2) is 4.98 Å². The van der Waals surface area contributed by atoms with E-state index in [1.165, 1.54) is 0 Å². The number of aromatic amines is 1. The topological polar surface area (TPSA) is 32.9 Å². The van der Waals surface area contributed by atoms with E-state index in [2.05, 4.69) is 20.9 Å². The summed E-state index contributed by atoms with van der Waals surface area (Å²) in [6.07, 6.45) is 0. The maximum Gasteiger partial charge on any atom is 0.262 e. The minimum atomic E-state index is -0.198. The second-order valence-corrected chi connectivity index (χ2v) is 4.49. The minimum absolute atomic E-state index is 0.198. The zero-order valence-electron chi connectivity index (χ0n) is 6.77. The van der Waals surface area contributed by atoms with Crippen LogP contribution in [0.3, 0.4) is 0 Å². The van der Waals surface area contributed by atoms with Gasteiger partial charge < -0.3 is 4.98 Å². The van der Waals surface area contributed by atoms with E-state index < -0.39 is 0 Å². The van der Waals surface area contributed by atoms with Crippen LogP contribution in [-0.2, 0) is 0 Å². The van der Waals surface area contributed by atoms with Gasteiger partial charge in [-0.05, 0) is 34.1 Å². The summed E-state index contributed by atoms with van der Waals surface area (Å²) in [5, 5.41) is 1.78. The standard InChI is InChI=1S/C9H4BrCl2NO/c10-6-3-5-7(12)1-4(11)2-8(5)13-9(6)14/h1-3H,(H,13,14). The smallest absolute Gasteiger partial charge is 0.262 e. The molecule has 2 aromatic rings. The van der Waals surface area contributed by atoms with Gasteiger partial charge in [-0.25, -0.2) is 0 Å². The van der Waals surface area contributed by atoms with Crippen molar-refractivity contribution in [3.63, 3.8) is 0 Å². The van der Waals surface area contributed by atoms with E-state index in [9.17, 15) is 4.79 Å². The van der Waals surface area contributed by atoms with Crippen molar-refractivity contribution in [1.29, 1.82) is 0 Å². The Bertz CT molecular complexity index is 564. The van der Waals surface area contributed by atoms with Crippen molar-refractivity contribution in [1.82, 2.24) is 4.98 Å². The number of halogens is 3. The van der Waals surface area contributed by atoms with Crippen LogP contribution in [0.25, 0.3) is 10.9 Å². The van der Waals surface area contributed by atoms with Crippen molar-refractivity contribution in [3.8, 4) is 0 Å². The lowest BCUT2D eigenvalue weighted by atomic mass is 10.2. The molecular formula is C9H4BrCl2NO. The normalized spacial score (nSPS) is 10.8. The lowest BCUT2D eigenvalue weighted by Gasteiger charge is -2.01. The van der Waals surface area contributed by atoms with Crippen molar-refractivity contribution in [3.05, 3.63) is 43.1 Å². The quantitative estimate of drug-likeness (QED) is 0.791. The van der Waals surface area contributed by atoms with E-state index in [0.717, 1.165) is 5.39 Å². The first-order valence-electron chi connectivity index (χ1n) is 3.75. The van der Waals surface area contributed by atoms with Crippen LogP contribution in [0.4, 0.5) is 0 Å². The molecule has 1 aromatic carbocycles. The van der Waals surface area contributed by atoms with Gasteiger partial charge in [0, 0.05) is 10.4 Å². The van der Waals surface area contributed by atoms with Crippen LogP contribution < -0.4 is 5.56 Å². The summed E-state index contributed by atoms with van der Waals surface area (Å²) >= 11 is 14.9. The zero-order chi connectivity index (χ0) is 10.3. The fraction of sp³-hybridized carbons (Fsp3) is 0. The number of fused-ring (bicyclic) bond motifs is 1. The van der Waals surface area contributed by atoms with E-state index in [1.807, 2.05) is 0 Å². The zero-order valence-corrected chi connectivity index (χ0v) is 9.87. The summed E-state index contributed by atoms with van der Waals surface area (Å²) in [6, 6.07) is 4.97. The molecule has 2 nitrogen and oxygen atoms in total. The number of pyridine rings is 1. The third kappa shape index (κ3) is 1.67. The van der Waals surface area contributed by atoms with Gasteiger partial charge in [0.1, 0.15) is 0 Å². The number of benzene rings is 1. The Labute approximate surface area is 98.0 Å². The number of hydrogen-bond donors (Lipinski definition) is 1. The molecule has 0 atom stereocenters. The van der Waals surface area contributed by atoms with Crippen LogP contribution in [0.15, 0.2) is 27.5 Å². The van der Waals surface area contributed by atoms with Crippen molar-refractivity contribution in [2.75, 3.05) is 0 Å². The Hall–Kier alpha value is -0.510. The average molecular weight is 293 g/mol. The fourth-order valence-corrected chi connectivity index (χ4v) is 2.09. The van der Waals surface area contributed by atoms with Crippen LogP contribution in [0.2, 0.25) is 10.0 Å². The highest BCUT2D eigenvalue weighted by Crippen LogP contribution is 2.27. The first-order valence-corrected chi connectivity index (χ1v) is 5.30. The Kier molecular flexibility index (Phi) is 2.56. The molecule has 0 aliphatic carbocycles. The minimum Gasteiger partial charge on any atom is -0.321 e. The second kappa shape index (κ2) is 3.57. The summed E-state index contributed by atoms with van der Waals surface area (Å²) in [6.45, 7) is 0.